The summed E-state index contributed by atoms with van der Waals surface area (Å²) in [6.07, 6.45) is 3.02. The second-order valence-corrected chi connectivity index (χ2v) is 5.79. The third-order valence-electron chi connectivity index (χ3n) is 2.94. The number of phenols is 1. The van der Waals surface area contributed by atoms with Crippen molar-refractivity contribution in [1.29, 1.82) is 0 Å². The summed E-state index contributed by atoms with van der Waals surface area (Å²) in [5, 5.41) is 11.8. The predicted octanol–water partition coefficient (Wildman–Crippen LogP) is 2.84. The minimum atomic E-state index is -0.458. The van der Waals surface area contributed by atoms with Gasteiger partial charge in [0.15, 0.2) is 4.77 Å². The van der Waals surface area contributed by atoms with Gasteiger partial charge in [-0.15, -0.1) is 0 Å². The van der Waals surface area contributed by atoms with Gasteiger partial charge in [-0.3, -0.25) is 14.9 Å². The Morgan fingerprint density at radius 2 is 2.05 bits per heavy atom. The Balaban J connectivity index is 2.16. The number of hydrogen-bond acceptors (Lipinski definition) is 6. The SMILES string of the molecule is O=C1NC(=O)/C(=C/c2cnc(=S)[nH]c2-c2ccccc2O)S1. The Hall–Kier alpha value is -2.45. The third-order valence-corrected chi connectivity index (χ3v) is 3.96. The van der Waals surface area contributed by atoms with Crippen LogP contribution in [-0.2, 0) is 4.79 Å². The number of nitrogens with zero attached hydrogens (tertiary/aromatic N) is 1. The van der Waals surface area contributed by atoms with Gasteiger partial charge in [-0.05, 0) is 42.2 Å². The van der Waals surface area contributed by atoms with E-state index in [2.05, 4.69) is 15.3 Å². The van der Waals surface area contributed by atoms with Gasteiger partial charge in [0.25, 0.3) is 11.1 Å². The highest BCUT2D eigenvalue weighted by molar-refractivity contribution is 8.18. The van der Waals surface area contributed by atoms with Crippen molar-refractivity contribution in [3.05, 3.63) is 45.7 Å². The Kier molecular flexibility index (Phi) is 3.78. The molecule has 1 fully saturated rings. The monoisotopic (exact) mass is 331 g/mol. The molecule has 1 aromatic heterocycles. The summed E-state index contributed by atoms with van der Waals surface area (Å²) in [5.74, 6) is -0.390. The van der Waals surface area contributed by atoms with Crippen LogP contribution in [0.4, 0.5) is 4.79 Å². The van der Waals surface area contributed by atoms with Crippen LogP contribution in [0.2, 0.25) is 0 Å². The smallest absolute Gasteiger partial charge is 0.290 e. The van der Waals surface area contributed by atoms with E-state index in [1.54, 1.807) is 24.3 Å². The molecule has 110 valence electrons. The van der Waals surface area contributed by atoms with Crippen molar-refractivity contribution in [2.45, 2.75) is 0 Å². The summed E-state index contributed by atoms with van der Waals surface area (Å²) >= 11 is 5.83. The lowest BCUT2D eigenvalue weighted by atomic mass is 10.1. The van der Waals surface area contributed by atoms with Crippen LogP contribution >= 0.6 is 24.0 Å². The largest absolute Gasteiger partial charge is 0.507 e. The quantitative estimate of drug-likeness (QED) is 0.578. The maximum Gasteiger partial charge on any atom is 0.290 e. The highest BCUT2D eigenvalue weighted by Crippen LogP contribution is 2.32. The molecular formula is C14H9N3O3S2. The van der Waals surface area contributed by atoms with Gasteiger partial charge in [0.05, 0.1) is 10.6 Å². The van der Waals surface area contributed by atoms with Gasteiger partial charge in [-0.2, -0.15) is 0 Å². The number of aromatic hydroxyl groups is 1. The molecular weight excluding hydrogens is 322 g/mol. The molecule has 0 unspecified atom stereocenters. The van der Waals surface area contributed by atoms with Crippen LogP contribution in [0.15, 0.2) is 35.4 Å². The zero-order chi connectivity index (χ0) is 15.7. The molecule has 1 aliphatic heterocycles. The fourth-order valence-electron chi connectivity index (χ4n) is 1.98. The first-order valence-corrected chi connectivity index (χ1v) is 7.39. The van der Waals surface area contributed by atoms with E-state index in [4.69, 9.17) is 12.2 Å². The molecule has 0 saturated carbocycles. The van der Waals surface area contributed by atoms with Crippen molar-refractivity contribution < 1.29 is 14.7 Å². The summed E-state index contributed by atoms with van der Waals surface area (Å²) in [6.45, 7) is 0. The lowest BCUT2D eigenvalue weighted by Gasteiger charge is -2.08. The van der Waals surface area contributed by atoms with E-state index in [1.807, 2.05) is 0 Å². The number of phenolic OH excluding ortho intramolecular Hbond substituents is 1. The average Bonchev–Trinajstić information content (AvgIpc) is 2.79. The van der Waals surface area contributed by atoms with Gasteiger partial charge in [0.2, 0.25) is 0 Å². The summed E-state index contributed by atoms with van der Waals surface area (Å²) in [6, 6.07) is 6.73. The lowest BCUT2D eigenvalue weighted by Crippen LogP contribution is -2.17. The summed E-state index contributed by atoms with van der Waals surface area (Å²) in [7, 11) is 0. The molecule has 0 atom stereocenters. The molecule has 0 bridgehead atoms. The second-order valence-electron chi connectivity index (χ2n) is 4.39. The number of amides is 2. The predicted molar refractivity (Wildman–Crippen MR) is 85.6 cm³/mol. The molecule has 2 amide bonds. The molecule has 1 aromatic carbocycles. The number of hydrogen-bond donors (Lipinski definition) is 3. The maximum absolute atomic E-state index is 11.6. The number of aromatic nitrogens is 2. The lowest BCUT2D eigenvalue weighted by molar-refractivity contribution is -0.115. The van der Waals surface area contributed by atoms with E-state index >= 15 is 0 Å². The van der Waals surface area contributed by atoms with Gasteiger partial charge in [0, 0.05) is 17.3 Å². The molecule has 1 saturated heterocycles. The van der Waals surface area contributed by atoms with Crippen LogP contribution in [0.25, 0.3) is 17.3 Å². The van der Waals surface area contributed by atoms with Crippen molar-refractivity contribution in [2.75, 3.05) is 0 Å². The summed E-state index contributed by atoms with van der Waals surface area (Å²) in [4.78, 5) is 30.0. The summed E-state index contributed by atoms with van der Waals surface area (Å²) in [5.41, 5.74) is 1.60. The zero-order valence-electron chi connectivity index (χ0n) is 11.0. The van der Waals surface area contributed by atoms with Crippen molar-refractivity contribution in [3.63, 3.8) is 0 Å². The highest BCUT2D eigenvalue weighted by atomic mass is 32.2. The standard InChI is InChI=1S/C14H9N3O3S2/c18-9-4-2-1-3-8(9)11-7(6-15-13(21)16-11)5-10-12(19)17-14(20)22-10/h1-6,18H,(H,15,16,21)(H,17,19,20)/b10-5-. The van der Waals surface area contributed by atoms with Gasteiger partial charge in [-0.25, -0.2) is 4.98 Å². The fourth-order valence-corrected chi connectivity index (χ4v) is 2.81. The van der Waals surface area contributed by atoms with E-state index in [-0.39, 0.29) is 15.4 Å². The van der Waals surface area contributed by atoms with Gasteiger partial charge < -0.3 is 10.1 Å². The average molecular weight is 331 g/mol. The maximum atomic E-state index is 11.6. The fraction of sp³-hybridized carbons (Fsp3) is 0. The minimum absolute atomic E-state index is 0.0682. The molecule has 6 nitrogen and oxygen atoms in total. The van der Waals surface area contributed by atoms with Gasteiger partial charge in [-0.1, -0.05) is 12.1 Å². The van der Waals surface area contributed by atoms with Crippen molar-refractivity contribution in [3.8, 4) is 17.0 Å². The molecule has 1 aliphatic rings. The number of carbonyl (C=O) groups is 2. The molecule has 0 radical (unpaired) electrons. The van der Waals surface area contributed by atoms with Crippen LogP contribution < -0.4 is 5.32 Å². The molecule has 3 rings (SSSR count). The normalized spacial score (nSPS) is 16.1. The van der Waals surface area contributed by atoms with Crippen molar-refractivity contribution >= 4 is 41.2 Å². The van der Waals surface area contributed by atoms with Gasteiger partial charge >= 0.3 is 0 Å². The minimum Gasteiger partial charge on any atom is -0.507 e. The number of rotatable bonds is 2. The van der Waals surface area contributed by atoms with Crippen LogP contribution in [0.1, 0.15) is 5.56 Å². The Labute approximate surface area is 134 Å². The van der Waals surface area contributed by atoms with Crippen molar-refractivity contribution in [2.24, 2.45) is 0 Å². The van der Waals surface area contributed by atoms with E-state index in [0.29, 0.717) is 16.8 Å². The van der Waals surface area contributed by atoms with E-state index < -0.39 is 11.1 Å². The topological polar surface area (TPSA) is 95.1 Å². The Bertz CT molecular complexity index is 874. The molecule has 2 aromatic rings. The van der Waals surface area contributed by atoms with Crippen molar-refractivity contribution in [1.82, 2.24) is 15.3 Å². The zero-order valence-corrected chi connectivity index (χ0v) is 12.6. The van der Waals surface area contributed by atoms with Crippen LogP contribution in [0.3, 0.4) is 0 Å². The number of imide groups is 1. The first-order chi connectivity index (χ1) is 10.5. The van der Waals surface area contributed by atoms with Crippen LogP contribution in [0.5, 0.6) is 5.75 Å². The third kappa shape index (κ3) is 2.78. The number of para-hydroxylation sites is 1. The number of H-pyrrole nitrogens is 1. The first-order valence-electron chi connectivity index (χ1n) is 6.17. The molecule has 0 spiro atoms. The van der Waals surface area contributed by atoms with E-state index in [0.717, 1.165) is 11.8 Å². The molecule has 0 aliphatic carbocycles. The van der Waals surface area contributed by atoms with E-state index in [9.17, 15) is 14.7 Å². The Morgan fingerprint density at radius 1 is 1.27 bits per heavy atom. The highest BCUT2D eigenvalue weighted by Gasteiger charge is 2.25. The number of aromatic amines is 1. The molecule has 2 heterocycles. The number of thioether (sulfide) groups is 1. The molecule has 8 heteroatoms. The Morgan fingerprint density at radius 3 is 2.73 bits per heavy atom. The van der Waals surface area contributed by atoms with Crippen LogP contribution in [0, 0.1) is 4.77 Å². The number of nitrogens with one attached hydrogen (secondary N) is 2. The van der Waals surface area contributed by atoms with Gasteiger partial charge in [0.1, 0.15) is 5.75 Å². The van der Waals surface area contributed by atoms with Crippen LogP contribution in [-0.4, -0.2) is 26.2 Å². The summed E-state index contributed by atoms with van der Waals surface area (Å²) < 4.78 is 0.250. The second kappa shape index (κ2) is 5.74. The number of carbonyl (C=O) groups excluding carboxylic acids is 2. The van der Waals surface area contributed by atoms with E-state index in [1.165, 1.54) is 12.3 Å². The molecule has 3 N–H and O–H groups in total. The number of benzene rings is 1. The molecule has 22 heavy (non-hydrogen) atoms. The first kappa shape index (κ1) is 14.5.